The summed E-state index contributed by atoms with van der Waals surface area (Å²) in [6.45, 7) is 1.89. The van der Waals surface area contributed by atoms with Crippen molar-refractivity contribution in [3.05, 3.63) is 23.5 Å². The van der Waals surface area contributed by atoms with Gasteiger partial charge in [-0.2, -0.15) is 0 Å². The highest BCUT2D eigenvalue weighted by Crippen LogP contribution is 2.56. The number of carbonyl (C=O) groups is 2. The van der Waals surface area contributed by atoms with Crippen LogP contribution in [0.4, 0.5) is 4.79 Å². The van der Waals surface area contributed by atoms with E-state index in [1.165, 1.54) is 0 Å². The molecule has 4 saturated carbocycles. The smallest absolute Gasteiger partial charge is 0.407 e. The number of carbonyl (C=O) groups excluding carboxylic acids is 1. The van der Waals surface area contributed by atoms with E-state index in [4.69, 9.17) is 9.47 Å². The zero-order chi connectivity index (χ0) is 23.2. The summed E-state index contributed by atoms with van der Waals surface area (Å²) in [5, 5.41) is 20.6. The lowest BCUT2D eigenvalue weighted by atomic mass is 9.50. The minimum Gasteiger partial charge on any atom is -0.489 e. The van der Waals surface area contributed by atoms with Gasteiger partial charge in [0, 0.05) is 12.6 Å². The van der Waals surface area contributed by atoms with Crippen molar-refractivity contribution in [1.29, 1.82) is 0 Å². The first kappa shape index (κ1) is 21.7. The predicted molar refractivity (Wildman–Crippen MR) is 116 cm³/mol. The molecule has 4 fully saturated rings. The molecule has 0 spiro atoms. The third kappa shape index (κ3) is 4.26. The minimum atomic E-state index is -0.760. The lowest BCUT2D eigenvalue weighted by Crippen LogP contribution is -2.68. The zero-order valence-corrected chi connectivity index (χ0v) is 18.9. The fourth-order valence-electron chi connectivity index (χ4n) is 5.22. The SMILES string of the molecule is Cc1nc(-c2nnn(C)c2COC(=O)NC23CC(C2)C3)ccc1O[C@H]1CCCC(C(=O)O)C1. The van der Waals surface area contributed by atoms with Crippen LogP contribution in [-0.2, 0) is 23.2 Å². The van der Waals surface area contributed by atoms with Gasteiger partial charge in [0.2, 0.25) is 0 Å². The molecule has 4 aliphatic rings. The quantitative estimate of drug-likeness (QED) is 0.652. The maximum Gasteiger partial charge on any atom is 0.407 e. The molecule has 4 aliphatic carbocycles. The minimum absolute atomic E-state index is 0.0351. The number of alkyl carbamates (subject to hydrolysis) is 1. The first-order valence-electron chi connectivity index (χ1n) is 11.5. The van der Waals surface area contributed by atoms with Crippen LogP contribution in [0.25, 0.3) is 11.4 Å². The standard InChI is InChI=1S/C23H29N5O5/c1-13-19(33-16-5-3-4-15(8-16)21(29)30)7-6-17(24-13)20-18(28(2)27-26-20)12-32-22(31)25-23-9-14(10-23)11-23/h6-7,14-16H,3-5,8-12H2,1-2H3,(H,25,31)(H,29,30)/t14?,15?,16-,23?/m0/s1. The van der Waals surface area contributed by atoms with Crippen molar-refractivity contribution in [2.75, 3.05) is 0 Å². The summed E-state index contributed by atoms with van der Waals surface area (Å²) < 4.78 is 13.1. The first-order chi connectivity index (χ1) is 15.8. The van der Waals surface area contributed by atoms with Gasteiger partial charge in [-0.25, -0.2) is 14.5 Å². The number of ether oxygens (including phenoxy) is 2. The lowest BCUT2D eigenvalue weighted by molar-refractivity contribution is -0.143. The molecule has 176 valence electrons. The monoisotopic (exact) mass is 455 g/mol. The summed E-state index contributed by atoms with van der Waals surface area (Å²) in [6.07, 6.45) is 5.48. The molecular weight excluding hydrogens is 426 g/mol. The highest BCUT2D eigenvalue weighted by Gasteiger charge is 2.57. The van der Waals surface area contributed by atoms with Gasteiger partial charge >= 0.3 is 12.1 Å². The first-order valence-corrected chi connectivity index (χ1v) is 11.5. The van der Waals surface area contributed by atoms with Crippen LogP contribution >= 0.6 is 0 Å². The van der Waals surface area contributed by atoms with Gasteiger partial charge in [-0.05, 0) is 69.9 Å². The number of hydrogen-bond acceptors (Lipinski definition) is 7. The Hall–Kier alpha value is -3.17. The van der Waals surface area contributed by atoms with Crippen molar-refractivity contribution < 1.29 is 24.2 Å². The maximum atomic E-state index is 12.2. The Morgan fingerprint density at radius 3 is 2.73 bits per heavy atom. The van der Waals surface area contributed by atoms with Gasteiger partial charge in [0.25, 0.3) is 0 Å². The molecule has 10 nitrogen and oxygen atoms in total. The van der Waals surface area contributed by atoms with Gasteiger partial charge in [0.05, 0.1) is 23.4 Å². The normalized spacial score (nSPS) is 27.8. The van der Waals surface area contributed by atoms with E-state index in [9.17, 15) is 14.7 Å². The molecule has 10 heteroatoms. The number of aromatic nitrogens is 4. The molecule has 0 aromatic carbocycles. The van der Waals surface area contributed by atoms with Crippen LogP contribution in [0.3, 0.4) is 0 Å². The predicted octanol–water partition coefficient (Wildman–Crippen LogP) is 2.99. The maximum absolute atomic E-state index is 12.2. The summed E-state index contributed by atoms with van der Waals surface area (Å²) in [7, 11) is 1.75. The van der Waals surface area contributed by atoms with Gasteiger partial charge in [0.15, 0.2) is 0 Å². The van der Waals surface area contributed by atoms with Crippen LogP contribution in [-0.4, -0.2) is 48.8 Å². The third-order valence-corrected chi connectivity index (χ3v) is 7.24. The van der Waals surface area contributed by atoms with E-state index in [0.29, 0.717) is 41.4 Å². The van der Waals surface area contributed by atoms with Crippen LogP contribution in [0.1, 0.15) is 56.3 Å². The van der Waals surface area contributed by atoms with Crippen molar-refractivity contribution in [3.8, 4) is 17.1 Å². The molecule has 2 bridgehead atoms. The Kier molecular flexibility index (Phi) is 5.46. The van der Waals surface area contributed by atoms with Crippen LogP contribution in [0, 0.1) is 18.8 Å². The average Bonchev–Trinajstić information content (AvgIpc) is 3.10. The molecule has 0 aliphatic heterocycles. The molecule has 2 heterocycles. The highest BCUT2D eigenvalue weighted by atomic mass is 16.5. The molecule has 0 saturated heterocycles. The Balaban J connectivity index is 1.24. The van der Waals surface area contributed by atoms with Crippen molar-refractivity contribution in [2.45, 2.75) is 70.1 Å². The van der Waals surface area contributed by atoms with Crippen molar-refractivity contribution in [3.63, 3.8) is 0 Å². The van der Waals surface area contributed by atoms with Gasteiger partial charge < -0.3 is 19.9 Å². The number of nitrogens with one attached hydrogen (secondary N) is 1. The second kappa shape index (κ2) is 8.31. The fourth-order valence-corrected chi connectivity index (χ4v) is 5.22. The Morgan fingerprint density at radius 2 is 2.06 bits per heavy atom. The second-order valence-corrected chi connectivity index (χ2v) is 9.69. The van der Waals surface area contributed by atoms with E-state index in [1.54, 1.807) is 17.8 Å². The van der Waals surface area contributed by atoms with Crippen LogP contribution < -0.4 is 10.1 Å². The van der Waals surface area contributed by atoms with E-state index in [0.717, 1.165) is 38.0 Å². The van der Waals surface area contributed by atoms with E-state index in [-0.39, 0.29) is 24.2 Å². The van der Waals surface area contributed by atoms with E-state index >= 15 is 0 Å². The number of amides is 1. The number of nitrogens with zero attached hydrogens (tertiary/aromatic N) is 4. The topological polar surface area (TPSA) is 128 Å². The van der Waals surface area contributed by atoms with Crippen LogP contribution in [0.2, 0.25) is 0 Å². The van der Waals surface area contributed by atoms with Gasteiger partial charge in [-0.15, -0.1) is 5.10 Å². The molecule has 33 heavy (non-hydrogen) atoms. The molecule has 2 aromatic heterocycles. The van der Waals surface area contributed by atoms with Crippen molar-refractivity contribution in [2.24, 2.45) is 18.9 Å². The number of aryl methyl sites for hydroxylation is 2. The number of carboxylic acids is 1. The highest BCUT2D eigenvalue weighted by molar-refractivity contribution is 5.70. The molecule has 6 rings (SSSR count). The average molecular weight is 456 g/mol. The molecule has 2 atom stereocenters. The fraction of sp³-hybridized carbons (Fsp3) is 0.609. The Bertz CT molecular complexity index is 1070. The lowest BCUT2D eigenvalue weighted by Gasteiger charge is -2.61. The van der Waals surface area contributed by atoms with E-state index < -0.39 is 12.1 Å². The number of hydrogen-bond donors (Lipinski definition) is 2. The molecule has 2 N–H and O–H groups in total. The molecule has 1 unspecified atom stereocenters. The number of rotatable bonds is 7. The summed E-state index contributed by atoms with van der Waals surface area (Å²) in [4.78, 5) is 28.2. The molecular formula is C23H29N5O5. The van der Waals surface area contributed by atoms with Crippen molar-refractivity contribution >= 4 is 12.1 Å². The Labute approximate surface area is 191 Å². The summed E-state index contributed by atoms with van der Waals surface area (Å²) >= 11 is 0. The number of pyridine rings is 1. The molecule has 0 radical (unpaired) electrons. The van der Waals surface area contributed by atoms with E-state index in [2.05, 4.69) is 20.6 Å². The zero-order valence-electron chi connectivity index (χ0n) is 18.9. The third-order valence-electron chi connectivity index (χ3n) is 7.24. The largest absolute Gasteiger partial charge is 0.489 e. The van der Waals surface area contributed by atoms with Gasteiger partial charge in [-0.1, -0.05) is 5.21 Å². The number of aliphatic carboxylic acids is 1. The summed E-state index contributed by atoms with van der Waals surface area (Å²) in [5.41, 5.74) is 2.46. The number of carboxylic acid groups (broad SMARTS) is 1. The van der Waals surface area contributed by atoms with Crippen molar-refractivity contribution in [1.82, 2.24) is 25.3 Å². The van der Waals surface area contributed by atoms with Crippen LogP contribution in [0.5, 0.6) is 5.75 Å². The molecule has 1 amide bonds. The molecule has 2 aromatic rings. The van der Waals surface area contributed by atoms with Gasteiger partial charge in [0.1, 0.15) is 23.7 Å². The second-order valence-electron chi connectivity index (χ2n) is 9.69. The van der Waals surface area contributed by atoms with Gasteiger partial charge in [-0.3, -0.25) is 4.79 Å². The van der Waals surface area contributed by atoms with Crippen LogP contribution in [0.15, 0.2) is 12.1 Å². The Morgan fingerprint density at radius 1 is 1.27 bits per heavy atom. The summed E-state index contributed by atoms with van der Waals surface area (Å²) in [5.74, 6) is 0.291. The van der Waals surface area contributed by atoms with E-state index in [1.807, 2.05) is 13.0 Å². The summed E-state index contributed by atoms with van der Waals surface area (Å²) in [6, 6.07) is 3.63.